The molecule has 0 atom stereocenters. The summed E-state index contributed by atoms with van der Waals surface area (Å²) in [5, 5.41) is 0. The van der Waals surface area contributed by atoms with Crippen LogP contribution in [0.4, 0.5) is 10.2 Å². The minimum atomic E-state index is -0.317. The van der Waals surface area contributed by atoms with E-state index < -0.39 is 0 Å². The smallest absolute Gasteiger partial charge is 0.161 e. The molecule has 6 heteroatoms. The highest BCUT2D eigenvalue weighted by Gasteiger charge is 2.12. The van der Waals surface area contributed by atoms with Gasteiger partial charge in [0.25, 0.3) is 0 Å². The molecule has 1 heterocycles. The summed E-state index contributed by atoms with van der Waals surface area (Å²) in [5.74, 6) is 0.585. The maximum absolute atomic E-state index is 13.2. The summed E-state index contributed by atoms with van der Waals surface area (Å²) >= 11 is 6.55. The highest BCUT2D eigenvalue weighted by molar-refractivity contribution is 9.11. The number of benzene rings is 1. The third kappa shape index (κ3) is 3.12. The fraction of sp³-hybridized carbons (Fsp3) is 0.231. The second kappa shape index (κ2) is 5.96. The maximum Gasteiger partial charge on any atom is 0.161 e. The van der Waals surface area contributed by atoms with E-state index in [1.807, 2.05) is 0 Å². The molecule has 19 heavy (non-hydrogen) atoms. The first-order chi connectivity index (χ1) is 9.02. The van der Waals surface area contributed by atoms with Crippen LogP contribution in [-0.4, -0.2) is 9.97 Å². The van der Waals surface area contributed by atoms with E-state index in [9.17, 15) is 4.39 Å². The highest BCUT2D eigenvalue weighted by atomic mass is 79.9. The van der Waals surface area contributed by atoms with Gasteiger partial charge in [-0.3, -0.25) is 0 Å². The Morgan fingerprint density at radius 3 is 2.63 bits per heavy atom. The molecule has 0 spiro atoms. The normalized spacial score (nSPS) is 10.7. The van der Waals surface area contributed by atoms with Crippen LogP contribution >= 0.6 is 31.9 Å². The lowest BCUT2D eigenvalue weighted by Gasteiger charge is -2.08. The van der Waals surface area contributed by atoms with Crippen molar-refractivity contribution in [1.82, 2.24) is 9.97 Å². The van der Waals surface area contributed by atoms with Gasteiger partial charge < -0.3 is 5.73 Å². The molecule has 0 fully saturated rings. The zero-order valence-corrected chi connectivity index (χ0v) is 13.4. The maximum atomic E-state index is 13.2. The average Bonchev–Trinajstić information content (AvgIpc) is 2.38. The summed E-state index contributed by atoms with van der Waals surface area (Å²) < 4.78 is 14.4. The Morgan fingerprint density at radius 1 is 1.26 bits per heavy atom. The van der Waals surface area contributed by atoms with Gasteiger partial charge in [0.2, 0.25) is 0 Å². The number of aromatic nitrogens is 2. The second-order valence-electron chi connectivity index (χ2n) is 4.07. The fourth-order valence-corrected chi connectivity index (χ4v) is 2.43. The standard InChI is InChI=1S/C13H12Br2FN3/c1-2-3-10-11(15)12(17)19-13(18-10)7-4-5-9(16)8(14)6-7/h4-6H,2-3H2,1H3,(H2,17,18,19). The van der Waals surface area contributed by atoms with Gasteiger partial charge in [-0.05, 0) is 56.5 Å². The Hall–Kier alpha value is -1.01. The van der Waals surface area contributed by atoms with Crippen LogP contribution in [0.2, 0.25) is 0 Å². The zero-order valence-electron chi connectivity index (χ0n) is 10.3. The predicted molar refractivity (Wildman–Crippen MR) is 81.2 cm³/mol. The van der Waals surface area contributed by atoms with Gasteiger partial charge in [0.1, 0.15) is 11.6 Å². The van der Waals surface area contributed by atoms with Crippen molar-refractivity contribution >= 4 is 37.7 Å². The Labute approximate surface area is 127 Å². The third-order valence-corrected chi connectivity index (χ3v) is 4.08. The molecule has 0 bridgehead atoms. The van der Waals surface area contributed by atoms with E-state index in [0.717, 1.165) is 28.6 Å². The summed E-state index contributed by atoms with van der Waals surface area (Å²) in [6, 6.07) is 4.66. The van der Waals surface area contributed by atoms with E-state index in [0.29, 0.717) is 16.1 Å². The topological polar surface area (TPSA) is 51.8 Å². The van der Waals surface area contributed by atoms with Crippen molar-refractivity contribution in [1.29, 1.82) is 0 Å². The molecule has 0 aliphatic heterocycles. The van der Waals surface area contributed by atoms with Crippen molar-refractivity contribution in [2.24, 2.45) is 0 Å². The van der Waals surface area contributed by atoms with E-state index in [2.05, 4.69) is 48.8 Å². The summed E-state index contributed by atoms with van der Waals surface area (Å²) in [4.78, 5) is 8.72. The van der Waals surface area contributed by atoms with Crippen molar-refractivity contribution in [2.45, 2.75) is 19.8 Å². The Kier molecular flexibility index (Phi) is 4.52. The Bertz CT molecular complexity index is 617. The van der Waals surface area contributed by atoms with Gasteiger partial charge in [0.15, 0.2) is 5.82 Å². The summed E-state index contributed by atoms with van der Waals surface area (Å²) in [7, 11) is 0. The number of nitrogen functional groups attached to an aromatic ring is 1. The molecule has 2 N–H and O–H groups in total. The van der Waals surface area contributed by atoms with Crippen LogP contribution in [0, 0.1) is 5.82 Å². The molecule has 3 nitrogen and oxygen atoms in total. The molecule has 2 rings (SSSR count). The molecule has 1 aromatic heterocycles. The number of hydrogen-bond acceptors (Lipinski definition) is 3. The number of anilines is 1. The number of rotatable bonds is 3. The minimum Gasteiger partial charge on any atom is -0.383 e. The van der Waals surface area contributed by atoms with Crippen LogP contribution in [0.15, 0.2) is 27.1 Å². The van der Waals surface area contributed by atoms with Crippen molar-refractivity contribution < 1.29 is 4.39 Å². The van der Waals surface area contributed by atoms with E-state index in [4.69, 9.17) is 5.73 Å². The zero-order chi connectivity index (χ0) is 14.0. The number of hydrogen-bond donors (Lipinski definition) is 1. The molecule has 0 aliphatic rings. The van der Waals surface area contributed by atoms with Gasteiger partial charge in [0, 0.05) is 5.56 Å². The van der Waals surface area contributed by atoms with Crippen LogP contribution in [0.1, 0.15) is 19.0 Å². The second-order valence-corrected chi connectivity index (χ2v) is 5.72. The fourth-order valence-electron chi connectivity index (χ4n) is 1.68. The molecule has 0 aliphatic carbocycles. The molecule has 100 valence electrons. The quantitative estimate of drug-likeness (QED) is 0.850. The first kappa shape index (κ1) is 14.4. The lowest BCUT2D eigenvalue weighted by molar-refractivity contribution is 0.621. The van der Waals surface area contributed by atoms with Gasteiger partial charge in [-0.15, -0.1) is 0 Å². The summed E-state index contributed by atoms with van der Waals surface area (Å²) in [5.41, 5.74) is 7.47. The van der Waals surface area contributed by atoms with Crippen molar-refractivity contribution in [3.05, 3.63) is 38.7 Å². The molecule has 2 aromatic rings. The van der Waals surface area contributed by atoms with E-state index in [1.165, 1.54) is 6.07 Å². The first-order valence-electron chi connectivity index (χ1n) is 5.80. The molecular weight excluding hydrogens is 377 g/mol. The lowest BCUT2D eigenvalue weighted by atomic mass is 10.2. The first-order valence-corrected chi connectivity index (χ1v) is 7.38. The molecule has 0 saturated carbocycles. The van der Waals surface area contributed by atoms with Gasteiger partial charge in [-0.2, -0.15) is 0 Å². The van der Waals surface area contributed by atoms with Gasteiger partial charge >= 0.3 is 0 Å². The SMILES string of the molecule is CCCc1nc(-c2ccc(F)c(Br)c2)nc(N)c1Br. The molecule has 0 saturated heterocycles. The summed E-state index contributed by atoms with van der Waals surface area (Å²) in [6.45, 7) is 2.07. The van der Waals surface area contributed by atoms with Crippen LogP contribution in [0.3, 0.4) is 0 Å². The number of halogens is 3. The molecule has 1 aromatic carbocycles. The number of nitrogens with zero attached hydrogens (tertiary/aromatic N) is 2. The summed E-state index contributed by atoms with van der Waals surface area (Å²) in [6.07, 6.45) is 1.77. The molecule has 0 unspecified atom stereocenters. The van der Waals surface area contributed by atoms with Crippen molar-refractivity contribution in [3.63, 3.8) is 0 Å². The van der Waals surface area contributed by atoms with E-state index in [-0.39, 0.29) is 5.82 Å². The van der Waals surface area contributed by atoms with Gasteiger partial charge in [0.05, 0.1) is 14.6 Å². The van der Waals surface area contributed by atoms with Crippen LogP contribution in [0.5, 0.6) is 0 Å². The van der Waals surface area contributed by atoms with Crippen molar-refractivity contribution in [3.8, 4) is 11.4 Å². The van der Waals surface area contributed by atoms with Gasteiger partial charge in [-0.1, -0.05) is 13.3 Å². The number of nitrogens with two attached hydrogens (primary N) is 1. The molecule has 0 amide bonds. The predicted octanol–water partition coefficient (Wildman–Crippen LogP) is 4.34. The minimum absolute atomic E-state index is 0.317. The average molecular weight is 389 g/mol. The van der Waals surface area contributed by atoms with Crippen LogP contribution in [0.25, 0.3) is 11.4 Å². The number of aryl methyl sites for hydroxylation is 1. The molecule has 0 radical (unpaired) electrons. The molecular formula is C13H12Br2FN3. The monoisotopic (exact) mass is 387 g/mol. The highest BCUT2D eigenvalue weighted by Crippen LogP contribution is 2.28. The van der Waals surface area contributed by atoms with Crippen molar-refractivity contribution in [2.75, 3.05) is 5.73 Å². The Balaban J connectivity index is 2.52. The van der Waals surface area contributed by atoms with Crippen LogP contribution < -0.4 is 5.73 Å². The largest absolute Gasteiger partial charge is 0.383 e. The van der Waals surface area contributed by atoms with Crippen LogP contribution in [-0.2, 0) is 6.42 Å². The lowest BCUT2D eigenvalue weighted by Crippen LogP contribution is -2.03. The van der Waals surface area contributed by atoms with Gasteiger partial charge in [-0.25, -0.2) is 14.4 Å². The Morgan fingerprint density at radius 2 is 2.00 bits per heavy atom. The third-order valence-electron chi connectivity index (χ3n) is 2.61. The van der Waals surface area contributed by atoms with E-state index >= 15 is 0 Å². The van der Waals surface area contributed by atoms with E-state index in [1.54, 1.807) is 12.1 Å².